The molecule has 0 saturated carbocycles. The molecule has 1 saturated heterocycles. The van der Waals surface area contributed by atoms with Crippen molar-refractivity contribution >= 4 is 28.4 Å². The lowest BCUT2D eigenvalue weighted by Gasteiger charge is -2.26. The minimum atomic E-state index is 0.223. The summed E-state index contributed by atoms with van der Waals surface area (Å²) in [6.45, 7) is 2.39. The topological polar surface area (TPSA) is 38.1 Å². The van der Waals surface area contributed by atoms with Gasteiger partial charge in [-0.25, -0.2) is 0 Å². The van der Waals surface area contributed by atoms with Gasteiger partial charge >= 0.3 is 0 Å². The highest BCUT2D eigenvalue weighted by atomic mass is 35.5. The van der Waals surface area contributed by atoms with Gasteiger partial charge in [0, 0.05) is 24.9 Å². The molecule has 1 aromatic heterocycles. The first-order valence-corrected chi connectivity index (χ1v) is 7.52. The summed E-state index contributed by atoms with van der Waals surface area (Å²) in [6, 6.07) is 7.84. The van der Waals surface area contributed by atoms with E-state index >= 15 is 0 Å². The molecule has 0 aliphatic carbocycles. The molecule has 2 aromatic rings. The van der Waals surface area contributed by atoms with E-state index in [1.807, 2.05) is 33.8 Å². The summed E-state index contributed by atoms with van der Waals surface area (Å²) in [5, 5.41) is 5.77. The third-order valence-corrected chi connectivity index (χ3v) is 4.14. The number of hydrogen-bond acceptors (Lipinski definition) is 2. The van der Waals surface area contributed by atoms with E-state index in [9.17, 15) is 4.79 Å². The van der Waals surface area contributed by atoms with Gasteiger partial charge in [-0.3, -0.25) is 9.48 Å². The van der Waals surface area contributed by atoms with Crippen LogP contribution in [-0.2, 0) is 11.3 Å². The fraction of sp³-hybridized carbons (Fsp3) is 0.467. The van der Waals surface area contributed by atoms with Crippen LogP contribution in [0.1, 0.15) is 25.7 Å². The Hall–Kier alpha value is -1.55. The van der Waals surface area contributed by atoms with Gasteiger partial charge < -0.3 is 4.90 Å². The Morgan fingerprint density at radius 3 is 2.75 bits per heavy atom. The van der Waals surface area contributed by atoms with Crippen molar-refractivity contribution in [3.05, 3.63) is 29.4 Å². The standard InChI is InChI=1S/C15H18ClN3O/c16-15-12-6-2-3-7-13(12)19(17-15)11-8-14(20)18-9-4-1-5-10-18/h2-3,6-7H,1,4-5,8-11H2. The van der Waals surface area contributed by atoms with Crippen LogP contribution in [0.2, 0.25) is 5.15 Å². The normalized spacial score (nSPS) is 15.8. The van der Waals surface area contributed by atoms with Crippen molar-refractivity contribution in [3.63, 3.8) is 0 Å². The largest absolute Gasteiger partial charge is 0.343 e. The van der Waals surface area contributed by atoms with Gasteiger partial charge in [0.05, 0.1) is 12.1 Å². The number of aromatic nitrogens is 2. The molecule has 1 aliphatic rings. The maximum atomic E-state index is 12.2. The van der Waals surface area contributed by atoms with E-state index < -0.39 is 0 Å². The summed E-state index contributed by atoms with van der Waals surface area (Å²) >= 11 is 6.11. The van der Waals surface area contributed by atoms with Gasteiger partial charge in [0.2, 0.25) is 5.91 Å². The van der Waals surface area contributed by atoms with Crippen molar-refractivity contribution < 1.29 is 4.79 Å². The van der Waals surface area contributed by atoms with Crippen LogP contribution >= 0.6 is 11.6 Å². The van der Waals surface area contributed by atoms with Gasteiger partial charge in [-0.15, -0.1) is 0 Å². The predicted molar refractivity (Wildman–Crippen MR) is 79.8 cm³/mol. The van der Waals surface area contributed by atoms with Crippen molar-refractivity contribution in [1.82, 2.24) is 14.7 Å². The van der Waals surface area contributed by atoms with Crippen molar-refractivity contribution in [2.75, 3.05) is 13.1 Å². The lowest BCUT2D eigenvalue weighted by Crippen LogP contribution is -2.36. The van der Waals surface area contributed by atoms with Crippen LogP contribution in [0.4, 0.5) is 0 Å². The molecule has 0 N–H and O–H groups in total. The highest BCUT2D eigenvalue weighted by Gasteiger charge is 2.17. The molecule has 1 amide bonds. The van der Waals surface area contributed by atoms with Gasteiger partial charge in [0.15, 0.2) is 5.15 Å². The van der Waals surface area contributed by atoms with Gasteiger partial charge in [0.1, 0.15) is 0 Å². The first kappa shape index (κ1) is 13.4. The second-order valence-corrected chi connectivity index (χ2v) is 5.58. The number of rotatable bonds is 3. The summed E-state index contributed by atoms with van der Waals surface area (Å²) in [5.74, 6) is 0.223. The van der Waals surface area contributed by atoms with E-state index in [4.69, 9.17) is 11.6 Å². The lowest BCUT2D eigenvalue weighted by atomic mass is 10.1. The van der Waals surface area contributed by atoms with E-state index in [1.165, 1.54) is 6.42 Å². The number of benzene rings is 1. The summed E-state index contributed by atoms with van der Waals surface area (Å²) in [4.78, 5) is 14.1. The molecule has 3 rings (SSSR count). The van der Waals surface area contributed by atoms with E-state index in [2.05, 4.69) is 5.10 Å². The van der Waals surface area contributed by atoms with Crippen LogP contribution in [0, 0.1) is 0 Å². The van der Waals surface area contributed by atoms with E-state index in [1.54, 1.807) is 0 Å². The Balaban J connectivity index is 1.69. The van der Waals surface area contributed by atoms with Crippen molar-refractivity contribution in [3.8, 4) is 0 Å². The average Bonchev–Trinajstić information content (AvgIpc) is 2.83. The zero-order valence-electron chi connectivity index (χ0n) is 11.4. The van der Waals surface area contributed by atoms with Crippen molar-refractivity contribution in [2.24, 2.45) is 0 Å². The highest BCUT2D eigenvalue weighted by Crippen LogP contribution is 2.22. The van der Waals surface area contributed by atoms with Crippen molar-refractivity contribution in [2.45, 2.75) is 32.2 Å². The van der Waals surface area contributed by atoms with Gasteiger partial charge in [-0.1, -0.05) is 23.7 Å². The number of fused-ring (bicyclic) bond motifs is 1. The van der Waals surface area contributed by atoms with Crippen LogP contribution in [0.3, 0.4) is 0 Å². The van der Waals surface area contributed by atoms with E-state index in [-0.39, 0.29) is 5.91 Å². The molecule has 1 fully saturated rings. The first-order chi connectivity index (χ1) is 9.75. The number of hydrogen-bond donors (Lipinski definition) is 0. The zero-order chi connectivity index (χ0) is 13.9. The van der Waals surface area contributed by atoms with Crippen LogP contribution in [0.5, 0.6) is 0 Å². The number of carbonyl (C=O) groups is 1. The smallest absolute Gasteiger partial charge is 0.224 e. The molecule has 0 unspecified atom stereocenters. The molecule has 4 nitrogen and oxygen atoms in total. The Bertz CT molecular complexity index is 617. The van der Waals surface area contributed by atoms with Crippen LogP contribution in [0.15, 0.2) is 24.3 Å². The average molecular weight is 292 g/mol. The molecule has 2 heterocycles. The summed E-state index contributed by atoms with van der Waals surface area (Å²) in [5.41, 5.74) is 0.990. The van der Waals surface area contributed by atoms with Gasteiger partial charge in [-0.2, -0.15) is 5.10 Å². The number of amides is 1. The zero-order valence-corrected chi connectivity index (χ0v) is 12.1. The summed E-state index contributed by atoms with van der Waals surface area (Å²) in [6.07, 6.45) is 3.98. The summed E-state index contributed by atoms with van der Waals surface area (Å²) in [7, 11) is 0. The first-order valence-electron chi connectivity index (χ1n) is 7.14. The second kappa shape index (κ2) is 5.83. The fourth-order valence-electron chi connectivity index (χ4n) is 2.76. The van der Waals surface area contributed by atoms with Crippen molar-refractivity contribution in [1.29, 1.82) is 0 Å². The SMILES string of the molecule is O=C(CCn1nc(Cl)c2ccccc21)N1CCCCC1. The number of piperidine rings is 1. The molecule has 1 aliphatic heterocycles. The number of nitrogens with zero attached hydrogens (tertiary/aromatic N) is 3. The Morgan fingerprint density at radius 1 is 1.20 bits per heavy atom. The highest BCUT2D eigenvalue weighted by molar-refractivity contribution is 6.34. The molecule has 0 spiro atoms. The molecule has 20 heavy (non-hydrogen) atoms. The molecule has 106 valence electrons. The Labute approximate surface area is 123 Å². The third kappa shape index (κ3) is 2.66. The molecule has 1 aromatic carbocycles. The fourth-order valence-corrected chi connectivity index (χ4v) is 3.01. The van der Waals surface area contributed by atoms with Crippen LogP contribution in [0.25, 0.3) is 10.9 Å². The van der Waals surface area contributed by atoms with Crippen LogP contribution < -0.4 is 0 Å². The molecule has 5 heteroatoms. The second-order valence-electron chi connectivity index (χ2n) is 5.22. The minimum Gasteiger partial charge on any atom is -0.343 e. The number of para-hydroxylation sites is 1. The van der Waals surface area contributed by atoms with E-state index in [0.29, 0.717) is 18.1 Å². The number of carbonyl (C=O) groups excluding carboxylic acids is 1. The maximum absolute atomic E-state index is 12.2. The molecular formula is C15H18ClN3O. The Morgan fingerprint density at radius 2 is 1.95 bits per heavy atom. The van der Waals surface area contributed by atoms with Gasteiger partial charge in [0.25, 0.3) is 0 Å². The third-order valence-electron chi connectivity index (χ3n) is 3.86. The molecular weight excluding hydrogens is 274 g/mol. The quantitative estimate of drug-likeness (QED) is 0.871. The molecule has 0 bridgehead atoms. The minimum absolute atomic E-state index is 0.223. The van der Waals surface area contributed by atoms with E-state index in [0.717, 1.165) is 36.8 Å². The summed E-state index contributed by atoms with van der Waals surface area (Å²) < 4.78 is 1.83. The Kier molecular flexibility index (Phi) is 3.92. The van der Waals surface area contributed by atoms with Crippen LogP contribution in [-0.4, -0.2) is 33.7 Å². The number of halogens is 1. The number of likely N-dealkylation sites (tertiary alicyclic amines) is 1. The van der Waals surface area contributed by atoms with Gasteiger partial charge in [-0.05, 0) is 31.4 Å². The lowest BCUT2D eigenvalue weighted by molar-refractivity contribution is -0.132. The maximum Gasteiger partial charge on any atom is 0.224 e. The predicted octanol–water partition coefficient (Wildman–Crippen LogP) is 3.09. The number of aryl methyl sites for hydroxylation is 1. The monoisotopic (exact) mass is 291 g/mol. The molecule has 0 atom stereocenters. The molecule has 0 radical (unpaired) electrons.